The van der Waals surface area contributed by atoms with Crippen LogP contribution in [-0.4, -0.2) is 77.6 Å². The molecule has 3 aromatic rings. The predicted octanol–water partition coefficient (Wildman–Crippen LogP) is 4.36. The van der Waals surface area contributed by atoms with Crippen molar-refractivity contribution in [2.75, 3.05) is 26.3 Å². The molecule has 0 saturated heterocycles. The number of rotatable bonds is 10. The molecule has 1 aliphatic carbocycles. The zero-order valence-electron chi connectivity index (χ0n) is 25.8. The smallest absolute Gasteiger partial charge is 0.475 e. The topological polar surface area (TPSA) is 157 Å². The van der Waals surface area contributed by atoms with Crippen LogP contribution >= 0.6 is 7.26 Å². The lowest BCUT2D eigenvalue weighted by atomic mass is 10.1. The van der Waals surface area contributed by atoms with E-state index in [-0.39, 0.29) is 11.9 Å². The number of hydrogen-bond acceptors (Lipinski definition) is 4. The highest BCUT2D eigenvalue weighted by Crippen LogP contribution is 2.55. The molecular weight excluding hydrogens is 665 g/mol. The van der Waals surface area contributed by atoms with Crippen molar-refractivity contribution in [1.29, 1.82) is 5.41 Å². The van der Waals surface area contributed by atoms with Crippen molar-refractivity contribution in [2.24, 2.45) is 11.1 Å². The Balaban J connectivity index is 0.000000479. The third-order valence-corrected chi connectivity index (χ3v) is 11.8. The summed E-state index contributed by atoms with van der Waals surface area (Å²) in [4.78, 5) is 32.4. The Morgan fingerprint density at radius 1 is 0.792 bits per heavy atom. The number of carbonyl (C=O) groups is 3. The summed E-state index contributed by atoms with van der Waals surface area (Å²) in [6, 6.07) is 32.5. The van der Waals surface area contributed by atoms with Crippen molar-refractivity contribution in [3.8, 4) is 0 Å². The quantitative estimate of drug-likeness (QED) is 0.0692. The molecule has 3 aromatic carbocycles. The molecule has 0 radical (unpaired) electrons. The summed E-state index contributed by atoms with van der Waals surface area (Å²) in [6.45, 7) is 1.14. The number of alkyl halides is 6. The molecule has 1 saturated carbocycles. The summed E-state index contributed by atoms with van der Waals surface area (Å²) in [5, 5.41) is 29.1. The van der Waals surface area contributed by atoms with E-state index in [1.165, 1.54) is 15.9 Å². The molecule has 0 heterocycles. The second-order valence-corrected chi connectivity index (χ2v) is 14.4. The molecule has 6 N–H and O–H groups in total. The third-order valence-electron chi connectivity index (χ3n) is 7.32. The molecule has 1 aliphatic rings. The maximum absolute atomic E-state index is 13.0. The third kappa shape index (κ3) is 11.3. The number of hydrogen-bond donors (Lipinski definition) is 5. The minimum absolute atomic E-state index is 0.00208. The maximum Gasteiger partial charge on any atom is 0.490 e. The van der Waals surface area contributed by atoms with E-state index in [1.807, 2.05) is 0 Å². The van der Waals surface area contributed by atoms with Gasteiger partial charge in [0.2, 0.25) is 5.91 Å². The van der Waals surface area contributed by atoms with Gasteiger partial charge in [0.05, 0.1) is 11.6 Å². The van der Waals surface area contributed by atoms with Gasteiger partial charge >= 0.3 is 24.3 Å². The molecule has 0 aliphatic heterocycles. The van der Waals surface area contributed by atoms with Gasteiger partial charge in [-0.25, -0.2) is 9.59 Å². The summed E-state index contributed by atoms with van der Waals surface area (Å²) in [6.07, 6.45) is -6.60. The lowest BCUT2D eigenvalue weighted by Gasteiger charge is -2.28. The monoisotopic (exact) mass is 701 g/mol. The normalized spacial score (nSPS) is 13.4. The van der Waals surface area contributed by atoms with Gasteiger partial charge in [0.25, 0.3) is 0 Å². The Labute approximate surface area is 273 Å². The van der Waals surface area contributed by atoms with E-state index < -0.39 is 37.0 Å². The van der Waals surface area contributed by atoms with E-state index in [1.54, 1.807) is 11.9 Å². The van der Waals surface area contributed by atoms with Crippen LogP contribution in [0.4, 0.5) is 26.3 Å². The van der Waals surface area contributed by atoms with Crippen molar-refractivity contribution in [2.45, 2.75) is 31.6 Å². The molecule has 4 rings (SSSR count). The van der Waals surface area contributed by atoms with Crippen molar-refractivity contribution in [3.05, 3.63) is 91.0 Å². The molecular formula is C32H36F6N4O5P+. The number of nitrogens with zero attached hydrogens (tertiary/aromatic N) is 1. The zero-order valence-corrected chi connectivity index (χ0v) is 26.7. The van der Waals surface area contributed by atoms with Gasteiger partial charge < -0.3 is 26.2 Å². The standard InChI is InChI=1S/C28H33N4OP.2C2HF3O2/c1-32(27(29)30)22-28(18-19-28)26(33)31-20-11-21-34(23-12-5-2-6-13-23,24-14-7-3-8-15-24)25-16-9-4-10-17-25;2*3-2(4,5)1(6)7/h2-10,12-17H,11,18-22H2,1H3,(H3-,29,30,31,33);2*(H,6,7)/p+1. The largest absolute Gasteiger partial charge is 0.490 e. The highest BCUT2D eigenvalue weighted by molar-refractivity contribution is 7.95. The lowest BCUT2D eigenvalue weighted by Crippen LogP contribution is -2.43. The minimum Gasteiger partial charge on any atom is -0.475 e. The number of carboxylic acids is 2. The first kappa shape index (κ1) is 39.5. The Morgan fingerprint density at radius 3 is 1.40 bits per heavy atom. The number of aliphatic carboxylic acids is 2. The first-order valence-corrected chi connectivity index (χ1v) is 16.3. The molecule has 0 aromatic heterocycles. The van der Waals surface area contributed by atoms with Crippen molar-refractivity contribution in [1.82, 2.24) is 10.2 Å². The first-order chi connectivity index (χ1) is 22.4. The van der Waals surface area contributed by atoms with Crippen molar-refractivity contribution in [3.63, 3.8) is 0 Å². The van der Waals surface area contributed by atoms with Crippen molar-refractivity contribution < 1.29 is 50.9 Å². The SMILES string of the molecule is CN(CC1(C(=O)NCCC[P+](c2ccccc2)(c2ccccc2)c2ccccc2)CC1)C(=N)N.O=C(O)C(F)(F)F.O=C(O)C(F)(F)F. The molecule has 0 atom stereocenters. The van der Waals surface area contributed by atoms with Gasteiger partial charge in [-0.05, 0) is 55.7 Å². The highest BCUT2D eigenvalue weighted by atomic mass is 31.2. The second-order valence-electron chi connectivity index (χ2n) is 10.8. The number of guanidine groups is 1. The number of nitrogens with one attached hydrogen (secondary N) is 2. The number of amides is 1. The van der Waals surface area contributed by atoms with Crippen LogP contribution in [-0.2, 0) is 14.4 Å². The molecule has 0 bridgehead atoms. The van der Waals surface area contributed by atoms with E-state index >= 15 is 0 Å². The van der Waals surface area contributed by atoms with Crippen LogP contribution < -0.4 is 27.0 Å². The van der Waals surface area contributed by atoms with Crippen LogP contribution in [0, 0.1) is 10.8 Å². The molecule has 16 heteroatoms. The first-order valence-electron chi connectivity index (χ1n) is 14.4. The Bertz CT molecular complexity index is 1390. The maximum atomic E-state index is 13.0. The summed E-state index contributed by atoms with van der Waals surface area (Å²) in [5.41, 5.74) is 5.19. The van der Waals surface area contributed by atoms with Crippen molar-refractivity contribution >= 4 is 47.0 Å². The Kier molecular flexibility index (Phi) is 14.0. The number of nitrogens with two attached hydrogens (primary N) is 1. The summed E-state index contributed by atoms with van der Waals surface area (Å²) < 4.78 is 63.5. The molecule has 1 amide bonds. The number of carboxylic acid groups (broad SMARTS) is 2. The second kappa shape index (κ2) is 17.0. The van der Waals surface area contributed by atoms with E-state index in [4.69, 9.17) is 30.9 Å². The van der Waals surface area contributed by atoms with Crippen LogP contribution in [0.1, 0.15) is 19.3 Å². The molecule has 0 spiro atoms. The summed E-state index contributed by atoms with van der Waals surface area (Å²) in [7, 11) is -0.106. The summed E-state index contributed by atoms with van der Waals surface area (Å²) in [5.74, 6) is -5.43. The average molecular weight is 702 g/mol. The van der Waals surface area contributed by atoms with Gasteiger partial charge in [0.15, 0.2) is 5.96 Å². The average Bonchev–Trinajstić information content (AvgIpc) is 3.82. The van der Waals surface area contributed by atoms with Crippen LogP contribution in [0.2, 0.25) is 0 Å². The zero-order chi connectivity index (χ0) is 36.2. The fourth-order valence-corrected chi connectivity index (χ4v) is 9.08. The van der Waals surface area contributed by atoms with Gasteiger partial charge in [0, 0.05) is 20.1 Å². The van der Waals surface area contributed by atoms with Gasteiger partial charge in [-0.1, -0.05) is 54.6 Å². The van der Waals surface area contributed by atoms with Crippen LogP contribution in [0.5, 0.6) is 0 Å². The summed E-state index contributed by atoms with van der Waals surface area (Å²) >= 11 is 0. The van der Waals surface area contributed by atoms with E-state index in [0.29, 0.717) is 13.1 Å². The van der Waals surface area contributed by atoms with Crippen LogP contribution in [0.15, 0.2) is 91.0 Å². The molecule has 48 heavy (non-hydrogen) atoms. The van der Waals surface area contributed by atoms with Gasteiger partial charge in [0.1, 0.15) is 23.2 Å². The number of carbonyl (C=O) groups excluding carboxylic acids is 1. The predicted molar refractivity (Wildman–Crippen MR) is 171 cm³/mol. The fourth-order valence-electron chi connectivity index (χ4n) is 4.73. The van der Waals surface area contributed by atoms with Crippen LogP contribution in [0.3, 0.4) is 0 Å². The number of benzene rings is 3. The van der Waals surface area contributed by atoms with Gasteiger partial charge in [-0.2, -0.15) is 26.3 Å². The van der Waals surface area contributed by atoms with Crippen LogP contribution in [0.25, 0.3) is 0 Å². The van der Waals surface area contributed by atoms with Gasteiger partial charge in [-0.15, -0.1) is 0 Å². The van der Waals surface area contributed by atoms with E-state index in [0.717, 1.165) is 25.4 Å². The van der Waals surface area contributed by atoms with Gasteiger partial charge in [-0.3, -0.25) is 10.2 Å². The van der Waals surface area contributed by atoms with E-state index in [9.17, 15) is 31.1 Å². The highest BCUT2D eigenvalue weighted by Gasteiger charge is 2.51. The molecule has 9 nitrogen and oxygen atoms in total. The fraction of sp³-hybridized carbons (Fsp3) is 0.312. The molecule has 0 unspecified atom stereocenters. The number of halogens is 6. The Hall–Kier alpha value is -4.65. The molecule has 1 fully saturated rings. The van der Waals surface area contributed by atoms with E-state index in [2.05, 4.69) is 96.3 Å². The molecule has 260 valence electrons. The minimum atomic E-state index is -5.08. The Morgan fingerprint density at radius 2 is 1.12 bits per heavy atom. The lowest BCUT2D eigenvalue weighted by molar-refractivity contribution is -0.193.